The van der Waals surface area contributed by atoms with E-state index in [0.29, 0.717) is 6.42 Å². The second-order valence-corrected chi connectivity index (χ2v) is 5.28. The molecular formula is C16H14N2O. The number of nitrogens with zero attached hydrogens (tertiary/aromatic N) is 2. The van der Waals surface area contributed by atoms with E-state index in [1.807, 2.05) is 18.4 Å². The maximum atomic E-state index is 11.7. The molecule has 3 aliphatic heterocycles. The number of allylic oxidation sites excluding steroid dienone is 5. The second kappa shape index (κ2) is 3.67. The molecule has 0 aromatic heterocycles. The molecule has 0 amide bonds. The third-order valence-electron chi connectivity index (χ3n) is 4.22. The summed E-state index contributed by atoms with van der Waals surface area (Å²) in [4.78, 5) is 18.6. The summed E-state index contributed by atoms with van der Waals surface area (Å²) in [6.45, 7) is 0.892. The van der Waals surface area contributed by atoms with Crippen LogP contribution in [0, 0.1) is 5.41 Å². The summed E-state index contributed by atoms with van der Waals surface area (Å²) in [6.07, 6.45) is 18.8. The Labute approximate surface area is 112 Å². The molecule has 2 atom stereocenters. The van der Waals surface area contributed by atoms with Crippen molar-refractivity contribution in [1.29, 1.82) is 0 Å². The van der Waals surface area contributed by atoms with E-state index in [2.05, 4.69) is 40.4 Å². The summed E-state index contributed by atoms with van der Waals surface area (Å²) in [5.74, 6) is 0.165. The largest absolute Gasteiger partial charge is 0.346 e. The van der Waals surface area contributed by atoms with Gasteiger partial charge in [-0.1, -0.05) is 30.4 Å². The van der Waals surface area contributed by atoms with Crippen LogP contribution in [0.1, 0.15) is 6.42 Å². The molecule has 1 aliphatic carbocycles. The Kier molecular flexibility index (Phi) is 2.07. The highest BCUT2D eigenvalue weighted by molar-refractivity contribution is 5.92. The maximum absolute atomic E-state index is 11.7. The van der Waals surface area contributed by atoms with Gasteiger partial charge in [-0.25, -0.2) is 0 Å². The van der Waals surface area contributed by atoms with E-state index in [1.165, 1.54) is 11.3 Å². The van der Waals surface area contributed by atoms with Gasteiger partial charge in [-0.3, -0.25) is 9.79 Å². The molecule has 0 saturated heterocycles. The monoisotopic (exact) mass is 250 g/mol. The fourth-order valence-electron chi connectivity index (χ4n) is 3.34. The lowest BCUT2D eigenvalue weighted by molar-refractivity contribution is -0.115. The lowest BCUT2D eigenvalue weighted by Gasteiger charge is -2.39. The summed E-state index contributed by atoms with van der Waals surface area (Å²) >= 11 is 0. The van der Waals surface area contributed by atoms with Crippen LogP contribution in [0.25, 0.3) is 0 Å². The number of carbonyl (C=O) groups is 1. The smallest absolute Gasteiger partial charge is 0.157 e. The molecule has 0 N–H and O–H groups in total. The molecule has 1 spiro atoms. The van der Waals surface area contributed by atoms with Crippen molar-refractivity contribution in [3.05, 3.63) is 60.0 Å². The minimum Gasteiger partial charge on any atom is -0.346 e. The van der Waals surface area contributed by atoms with Gasteiger partial charge in [0.05, 0.1) is 11.5 Å². The van der Waals surface area contributed by atoms with Gasteiger partial charge in [0, 0.05) is 31.1 Å². The number of hydrogen-bond donors (Lipinski definition) is 0. The molecule has 0 radical (unpaired) electrons. The van der Waals surface area contributed by atoms with Crippen molar-refractivity contribution < 1.29 is 4.79 Å². The highest BCUT2D eigenvalue weighted by atomic mass is 16.1. The first-order valence-corrected chi connectivity index (χ1v) is 6.59. The summed E-state index contributed by atoms with van der Waals surface area (Å²) < 4.78 is 0. The van der Waals surface area contributed by atoms with E-state index in [9.17, 15) is 4.79 Å². The van der Waals surface area contributed by atoms with Crippen molar-refractivity contribution in [2.75, 3.05) is 6.54 Å². The molecule has 3 nitrogen and oxygen atoms in total. The second-order valence-electron chi connectivity index (χ2n) is 5.28. The van der Waals surface area contributed by atoms with Gasteiger partial charge in [0.2, 0.25) is 0 Å². The van der Waals surface area contributed by atoms with E-state index in [4.69, 9.17) is 0 Å². The Balaban J connectivity index is 1.99. The molecule has 2 unspecified atom stereocenters. The first-order valence-electron chi connectivity index (χ1n) is 6.59. The molecule has 4 rings (SSSR count). The van der Waals surface area contributed by atoms with Crippen molar-refractivity contribution in [3.8, 4) is 0 Å². The first kappa shape index (κ1) is 10.7. The van der Waals surface area contributed by atoms with Gasteiger partial charge in [-0.2, -0.15) is 0 Å². The number of rotatable bonds is 0. The number of ketones is 1. The van der Waals surface area contributed by atoms with Crippen LogP contribution in [0.4, 0.5) is 0 Å². The van der Waals surface area contributed by atoms with E-state index in [0.717, 1.165) is 6.54 Å². The van der Waals surface area contributed by atoms with Gasteiger partial charge in [0.25, 0.3) is 0 Å². The summed E-state index contributed by atoms with van der Waals surface area (Å²) in [5, 5.41) is 0. The minimum atomic E-state index is -0.241. The van der Waals surface area contributed by atoms with Gasteiger partial charge >= 0.3 is 0 Å². The Morgan fingerprint density at radius 2 is 2.21 bits per heavy atom. The van der Waals surface area contributed by atoms with Crippen LogP contribution in [-0.2, 0) is 4.79 Å². The van der Waals surface area contributed by atoms with Crippen LogP contribution in [0.5, 0.6) is 0 Å². The lowest BCUT2D eigenvalue weighted by Crippen LogP contribution is -2.40. The molecule has 94 valence electrons. The molecule has 4 aliphatic rings. The topological polar surface area (TPSA) is 32.7 Å². The predicted octanol–water partition coefficient (Wildman–Crippen LogP) is 2.16. The molecule has 0 fully saturated rings. The fourth-order valence-corrected chi connectivity index (χ4v) is 3.34. The van der Waals surface area contributed by atoms with Crippen molar-refractivity contribution in [3.63, 3.8) is 0 Å². The van der Waals surface area contributed by atoms with Crippen LogP contribution >= 0.6 is 0 Å². The maximum Gasteiger partial charge on any atom is 0.157 e. The van der Waals surface area contributed by atoms with E-state index < -0.39 is 0 Å². The number of carbonyl (C=O) groups excluding carboxylic acids is 1. The molecule has 3 heteroatoms. The van der Waals surface area contributed by atoms with Crippen molar-refractivity contribution in [2.45, 2.75) is 12.5 Å². The molecule has 19 heavy (non-hydrogen) atoms. The van der Waals surface area contributed by atoms with Crippen LogP contribution < -0.4 is 0 Å². The van der Waals surface area contributed by atoms with E-state index >= 15 is 0 Å². The Hall–Kier alpha value is -2.16. The molecular weight excluding hydrogens is 236 g/mol. The third kappa shape index (κ3) is 1.38. The van der Waals surface area contributed by atoms with Gasteiger partial charge in [0.1, 0.15) is 0 Å². The van der Waals surface area contributed by atoms with Gasteiger partial charge < -0.3 is 4.90 Å². The lowest BCUT2D eigenvalue weighted by atomic mass is 9.71. The average molecular weight is 250 g/mol. The Bertz CT molecular complexity index is 633. The average Bonchev–Trinajstić information content (AvgIpc) is 2.77. The van der Waals surface area contributed by atoms with Gasteiger partial charge in [-0.15, -0.1) is 0 Å². The zero-order valence-electron chi connectivity index (χ0n) is 10.5. The zero-order chi connectivity index (χ0) is 12.9. The van der Waals surface area contributed by atoms with Crippen molar-refractivity contribution >= 4 is 12.0 Å². The Morgan fingerprint density at radius 3 is 3.16 bits per heavy atom. The first-order chi connectivity index (χ1) is 9.29. The standard InChI is InChI=1S/C16H14N2O/c19-13-5-6-16-7-10-18-9-2-4-12(15(16)18)3-1-8-17-14(16)11-13/h1-8,10,14H,9,11H2/b3-1-,17-8-. The van der Waals surface area contributed by atoms with Crippen LogP contribution in [0.2, 0.25) is 0 Å². The Morgan fingerprint density at radius 1 is 1.26 bits per heavy atom. The summed E-state index contributed by atoms with van der Waals surface area (Å²) in [7, 11) is 0. The third-order valence-corrected chi connectivity index (χ3v) is 4.22. The van der Waals surface area contributed by atoms with E-state index in [1.54, 1.807) is 6.08 Å². The van der Waals surface area contributed by atoms with Crippen molar-refractivity contribution in [1.82, 2.24) is 4.90 Å². The van der Waals surface area contributed by atoms with Crippen LogP contribution in [-0.4, -0.2) is 29.5 Å². The van der Waals surface area contributed by atoms with Crippen LogP contribution in [0.15, 0.2) is 65.0 Å². The molecule has 0 aromatic rings. The molecule has 3 heterocycles. The van der Waals surface area contributed by atoms with Crippen molar-refractivity contribution in [2.24, 2.45) is 10.4 Å². The molecule has 0 aromatic carbocycles. The van der Waals surface area contributed by atoms with E-state index in [-0.39, 0.29) is 17.2 Å². The normalized spacial score (nSPS) is 37.8. The fraction of sp³-hybridized carbons (Fsp3) is 0.250. The minimum absolute atomic E-state index is 0.0206. The quantitative estimate of drug-likeness (QED) is 0.660. The molecule has 0 bridgehead atoms. The summed E-state index contributed by atoms with van der Waals surface area (Å²) in [6, 6.07) is -0.0206. The van der Waals surface area contributed by atoms with Crippen LogP contribution in [0.3, 0.4) is 0 Å². The molecule has 0 saturated carbocycles. The number of aliphatic imine (C=N–C) groups is 1. The van der Waals surface area contributed by atoms with Gasteiger partial charge in [0.15, 0.2) is 5.78 Å². The van der Waals surface area contributed by atoms with Gasteiger partial charge in [-0.05, 0) is 17.7 Å². The summed E-state index contributed by atoms with van der Waals surface area (Å²) in [5.41, 5.74) is 2.23. The zero-order valence-corrected chi connectivity index (χ0v) is 10.5. The number of hydrogen-bond acceptors (Lipinski definition) is 3. The predicted molar refractivity (Wildman–Crippen MR) is 74.6 cm³/mol. The highest BCUT2D eigenvalue weighted by Gasteiger charge is 2.47. The highest BCUT2D eigenvalue weighted by Crippen LogP contribution is 2.49. The SMILES string of the molecule is O=C1C=CC23C=CN4CC=CC(=C42)/C=C\C=N/C3C1.